The van der Waals surface area contributed by atoms with Crippen LogP contribution in [0.2, 0.25) is 0 Å². The molecule has 0 aromatic rings. The van der Waals surface area contributed by atoms with Crippen molar-refractivity contribution in [2.45, 2.75) is 368 Å². The van der Waals surface area contributed by atoms with Crippen molar-refractivity contribution < 1.29 is 80.2 Å². The van der Waals surface area contributed by atoms with Crippen molar-refractivity contribution in [1.82, 2.24) is 0 Å². The van der Waals surface area contributed by atoms with Crippen molar-refractivity contribution in [1.29, 1.82) is 0 Å². The van der Waals surface area contributed by atoms with E-state index in [1.165, 1.54) is 167 Å². The molecule has 516 valence electrons. The van der Waals surface area contributed by atoms with E-state index in [0.29, 0.717) is 25.7 Å². The zero-order valence-electron chi connectivity index (χ0n) is 56.2. The lowest BCUT2D eigenvalue weighted by Gasteiger charge is -2.21. The molecule has 0 amide bonds. The summed E-state index contributed by atoms with van der Waals surface area (Å²) >= 11 is 0. The molecule has 0 aliphatic heterocycles. The first-order chi connectivity index (χ1) is 42.0. The number of ether oxygens (including phenoxy) is 4. The third kappa shape index (κ3) is 62.6. The molecule has 0 saturated carbocycles. The third-order valence-electron chi connectivity index (χ3n) is 15.8. The van der Waals surface area contributed by atoms with Gasteiger partial charge in [0.2, 0.25) is 0 Å². The van der Waals surface area contributed by atoms with E-state index >= 15 is 0 Å². The average molecular weight is 1280 g/mol. The Morgan fingerprint density at radius 3 is 0.782 bits per heavy atom. The fourth-order valence-electron chi connectivity index (χ4n) is 10.3. The predicted octanol–water partition coefficient (Wildman–Crippen LogP) is 19.4. The summed E-state index contributed by atoms with van der Waals surface area (Å²) in [6.07, 6.45) is 47.5. The van der Waals surface area contributed by atoms with Gasteiger partial charge >= 0.3 is 39.5 Å². The zero-order chi connectivity index (χ0) is 64.2. The Morgan fingerprint density at radius 1 is 0.310 bits per heavy atom. The summed E-state index contributed by atoms with van der Waals surface area (Å²) in [5, 5.41) is 10.5. The molecule has 19 heteroatoms. The van der Waals surface area contributed by atoms with E-state index in [9.17, 15) is 43.2 Å². The predicted molar refractivity (Wildman–Crippen MR) is 349 cm³/mol. The molecule has 17 nitrogen and oxygen atoms in total. The fraction of sp³-hybridized carbons (Fsp3) is 0.941. The van der Waals surface area contributed by atoms with Gasteiger partial charge in [0.05, 0.1) is 26.4 Å². The van der Waals surface area contributed by atoms with Crippen molar-refractivity contribution >= 4 is 39.5 Å². The number of carbonyl (C=O) groups is 4. The van der Waals surface area contributed by atoms with E-state index in [2.05, 4.69) is 34.6 Å². The van der Waals surface area contributed by atoms with Gasteiger partial charge in [-0.25, -0.2) is 9.13 Å². The van der Waals surface area contributed by atoms with E-state index < -0.39 is 97.5 Å². The highest BCUT2D eigenvalue weighted by Gasteiger charge is 2.30. The van der Waals surface area contributed by atoms with Crippen LogP contribution in [0, 0.1) is 5.92 Å². The molecule has 0 spiro atoms. The number of carbonyl (C=O) groups excluding carboxylic acids is 4. The molecule has 2 unspecified atom stereocenters. The summed E-state index contributed by atoms with van der Waals surface area (Å²) in [5.41, 5.74) is 0. The van der Waals surface area contributed by atoms with E-state index in [1.54, 1.807) is 0 Å². The lowest BCUT2D eigenvalue weighted by molar-refractivity contribution is -0.161. The van der Waals surface area contributed by atoms with Gasteiger partial charge in [0, 0.05) is 25.7 Å². The first kappa shape index (κ1) is 85.1. The maximum Gasteiger partial charge on any atom is 0.472 e. The summed E-state index contributed by atoms with van der Waals surface area (Å²) in [6.45, 7) is 7.16. The molecule has 0 aromatic heterocycles. The second kappa shape index (κ2) is 61.6. The number of phosphoric ester groups is 2. The van der Waals surface area contributed by atoms with Crippen molar-refractivity contribution in [2.75, 3.05) is 39.6 Å². The second-order valence-electron chi connectivity index (χ2n) is 25.0. The normalized spacial score (nSPS) is 14.1. The van der Waals surface area contributed by atoms with E-state index in [4.69, 9.17) is 37.0 Å². The number of aliphatic hydroxyl groups is 1. The highest BCUT2D eigenvalue weighted by molar-refractivity contribution is 7.47. The topological polar surface area (TPSA) is 237 Å². The van der Waals surface area contributed by atoms with Crippen LogP contribution in [0.5, 0.6) is 0 Å². The number of rotatable bonds is 68. The SMILES string of the molecule is CCCCCCCCCCCCCCCCC(=O)OC[C@H](COP(=O)(O)OC[C@@H](O)COP(=O)(O)OC[C@@H](COC(=O)CCCCCCC)OC(=O)CCCCCCCCCCCC)OC(=O)CCCCCCCCCCCCCCCCCC(C)C. The number of esters is 4. The Bertz CT molecular complexity index is 1690. The summed E-state index contributed by atoms with van der Waals surface area (Å²) in [7, 11) is -9.88. The van der Waals surface area contributed by atoms with E-state index in [0.717, 1.165) is 102 Å². The second-order valence-corrected chi connectivity index (χ2v) is 27.9. The van der Waals surface area contributed by atoms with Crippen molar-refractivity contribution in [3.63, 3.8) is 0 Å². The summed E-state index contributed by atoms with van der Waals surface area (Å²) in [4.78, 5) is 72.1. The molecule has 87 heavy (non-hydrogen) atoms. The minimum absolute atomic E-state index is 0.106. The molecule has 0 fully saturated rings. The van der Waals surface area contributed by atoms with Gasteiger partial charge in [0.1, 0.15) is 19.3 Å². The molecular formula is C68H132O17P2. The van der Waals surface area contributed by atoms with Gasteiger partial charge in [-0.2, -0.15) is 0 Å². The van der Waals surface area contributed by atoms with Gasteiger partial charge in [-0.05, 0) is 31.6 Å². The van der Waals surface area contributed by atoms with Gasteiger partial charge in [-0.3, -0.25) is 37.3 Å². The molecule has 0 heterocycles. The van der Waals surface area contributed by atoms with Crippen LogP contribution in [0.3, 0.4) is 0 Å². The van der Waals surface area contributed by atoms with E-state index in [-0.39, 0.29) is 25.7 Å². The number of phosphoric acid groups is 2. The molecule has 3 N–H and O–H groups in total. The Hall–Kier alpha value is -1.94. The molecule has 0 radical (unpaired) electrons. The highest BCUT2D eigenvalue weighted by atomic mass is 31.2. The lowest BCUT2D eigenvalue weighted by atomic mass is 10.0. The largest absolute Gasteiger partial charge is 0.472 e. The quantitative estimate of drug-likeness (QED) is 0.0222. The number of unbranched alkanes of at least 4 members (excludes halogenated alkanes) is 40. The molecule has 0 aliphatic carbocycles. The maximum absolute atomic E-state index is 13.0. The first-order valence-corrected chi connectivity index (χ1v) is 38.6. The summed E-state index contributed by atoms with van der Waals surface area (Å²) < 4.78 is 68.0. The molecule has 5 atom stereocenters. The standard InChI is InChI=1S/C68H132O17P2/c1-6-9-12-15-17-19-21-22-27-30-34-37-42-47-52-66(71)79-58-64(85-68(73)54-49-44-39-35-31-28-25-23-24-26-29-32-36-41-45-50-61(4)5)60-83-87(76,77)81-56-62(69)55-80-86(74,75)82-59-63(57-78-65(70)51-46-40-14-11-8-3)84-67(72)53-48-43-38-33-20-18-16-13-10-7-2/h61-64,69H,6-60H2,1-5H3,(H,74,75)(H,76,77)/t62-,63+,64+/m0/s1. The van der Waals surface area contributed by atoms with Crippen LogP contribution >= 0.6 is 15.6 Å². The first-order valence-electron chi connectivity index (χ1n) is 35.6. The number of aliphatic hydroxyl groups excluding tert-OH is 1. The van der Waals surface area contributed by atoms with Crippen LogP contribution in [0.4, 0.5) is 0 Å². The van der Waals surface area contributed by atoms with Crippen LogP contribution in [0.25, 0.3) is 0 Å². The van der Waals surface area contributed by atoms with Gasteiger partial charge in [-0.15, -0.1) is 0 Å². The molecule has 0 saturated heterocycles. The minimum Gasteiger partial charge on any atom is -0.462 e. The van der Waals surface area contributed by atoms with Crippen molar-refractivity contribution in [3.8, 4) is 0 Å². The van der Waals surface area contributed by atoms with Crippen LogP contribution in [0.1, 0.15) is 349 Å². The van der Waals surface area contributed by atoms with Gasteiger partial charge in [-0.1, -0.05) is 298 Å². The number of hydrogen-bond donors (Lipinski definition) is 3. The van der Waals surface area contributed by atoms with Crippen LogP contribution in [-0.4, -0.2) is 96.7 Å². The molecule has 0 rings (SSSR count). The smallest absolute Gasteiger partial charge is 0.462 e. The van der Waals surface area contributed by atoms with Crippen LogP contribution < -0.4 is 0 Å². The fourth-order valence-corrected chi connectivity index (χ4v) is 11.9. The summed E-state index contributed by atoms with van der Waals surface area (Å²) in [6, 6.07) is 0. The van der Waals surface area contributed by atoms with Gasteiger partial charge < -0.3 is 33.8 Å². The molecule has 0 aliphatic rings. The Balaban J connectivity index is 5.15. The third-order valence-corrected chi connectivity index (χ3v) is 17.7. The summed E-state index contributed by atoms with van der Waals surface area (Å²) in [5.74, 6) is -1.33. The Morgan fingerprint density at radius 2 is 0.529 bits per heavy atom. The van der Waals surface area contributed by atoms with E-state index in [1.807, 2.05) is 0 Å². The van der Waals surface area contributed by atoms with Crippen LogP contribution in [-0.2, 0) is 65.4 Å². The molecule has 0 aromatic carbocycles. The van der Waals surface area contributed by atoms with Crippen LogP contribution in [0.15, 0.2) is 0 Å². The number of hydrogen-bond acceptors (Lipinski definition) is 15. The maximum atomic E-state index is 13.0. The monoisotopic (exact) mass is 1280 g/mol. The Labute approximate surface area is 530 Å². The lowest BCUT2D eigenvalue weighted by Crippen LogP contribution is -2.30. The van der Waals surface area contributed by atoms with Crippen molar-refractivity contribution in [2.24, 2.45) is 5.92 Å². The molecular weight excluding hydrogens is 1150 g/mol. The average Bonchev–Trinajstić information content (AvgIpc) is 3.63. The van der Waals surface area contributed by atoms with Crippen molar-refractivity contribution in [3.05, 3.63) is 0 Å². The minimum atomic E-state index is -4.95. The molecule has 0 bridgehead atoms. The zero-order valence-corrected chi connectivity index (χ0v) is 57.9. The Kier molecular flexibility index (Phi) is 60.2. The van der Waals surface area contributed by atoms with Gasteiger partial charge in [0.15, 0.2) is 12.2 Å². The highest BCUT2D eigenvalue weighted by Crippen LogP contribution is 2.45. The van der Waals surface area contributed by atoms with Gasteiger partial charge in [0.25, 0.3) is 0 Å².